The number of hydrogen-bond acceptors (Lipinski definition) is 2. The molecule has 0 aromatic rings. The van der Waals surface area contributed by atoms with Crippen molar-refractivity contribution in [3.8, 4) is 0 Å². The van der Waals surface area contributed by atoms with Gasteiger partial charge < -0.3 is 10.1 Å². The molecule has 2 unspecified atom stereocenters. The van der Waals surface area contributed by atoms with Gasteiger partial charge in [0.25, 0.3) is 0 Å². The highest BCUT2D eigenvalue weighted by Gasteiger charge is 2.36. The third-order valence-electron chi connectivity index (χ3n) is 5.54. The second-order valence-corrected chi connectivity index (χ2v) is 9.35. The Labute approximate surface area is 132 Å². The Balaban J connectivity index is 1.92. The number of rotatable bonds is 4. The third-order valence-corrected chi connectivity index (χ3v) is 5.54. The van der Waals surface area contributed by atoms with E-state index in [4.69, 9.17) is 4.74 Å². The van der Waals surface area contributed by atoms with Crippen LogP contribution in [0.2, 0.25) is 0 Å². The van der Waals surface area contributed by atoms with Gasteiger partial charge in [0.05, 0.1) is 0 Å². The van der Waals surface area contributed by atoms with Gasteiger partial charge in [0, 0.05) is 18.8 Å². The molecule has 1 saturated heterocycles. The first-order valence-corrected chi connectivity index (χ1v) is 9.08. The Hall–Kier alpha value is -0.0800. The molecule has 21 heavy (non-hydrogen) atoms. The summed E-state index contributed by atoms with van der Waals surface area (Å²) in [7, 11) is 0. The summed E-state index contributed by atoms with van der Waals surface area (Å²) in [6, 6.07) is 0. The fraction of sp³-hybridized carbons (Fsp3) is 1.00. The fourth-order valence-electron chi connectivity index (χ4n) is 4.18. The average molecular weight is 296 g/mol. The van der Waals surface area contributed by atoms with Crippen LogP contribution in [0.5, 0.6) is 0 Å². The SMILES string of the molecule is CC1(C)CCC(CNC(C)(C)C)C(CC2CCOCC2)C1. The molecule has 1 heterocycles. The number of nitrogens with one attached hydrogen (secondary N) is 1. The Kier molecular flexibility index (Phi) is 5.76. The molecular formula is C19H37NO. The van der Waals surface area contributed by atoms with Crippen molar-refractivity contribution in [2.24, 2.45) is 23.2 Å². The molecule has 1 saturated carbocycles. The summed E-state index contributed by atoms with van der Waals surface area (Å²) in [6.07, 6.45) is 8.23. The molecule has 1 aliphatic carbocycles. The Morgan fingerprint density at radius 2 is 1.71 bits per heavy atom. The topological polar surface area (TPSA) is 21.3 Å². The van der Waals surface area contributed by atoms with E-state index in [-0.39, 0.29) is 5.54 Å². The second kappa shape index (κ2) is 7.00. The summed E-state index contributed by atoms with van der Waals surface area (Å²) in [4.78, 5) is 0. The Morgan fingerprint density at radius 1 is 1.05 bits per heavy atom. The summed E-state index contributed by atoms with van der Waals surface area (Å²) in [5.74, 6) is 2.70. The molecule has 2 nitrogen and oxygen atoms in total. The van der Waals surface area contributed by atoms with Gasteiger partial charge in [-0.1, -0.05) is 13.8 Å². The zero-order valence-corrected chi connectivity index (χ0v) is 15.0. The lowest BCUT2D eigenvalue weighted by molar-refractivity contribution is 0.0369. The lowest BCUT2D eigenvalue weighted by Crippen LogP contribution is -2.43. The smallest absolute Gasteiger partial charge is 0.0468 e. The van der Waals surface area contributed by atoms with E-state index in [1.54, 1.807) is 0 Å². The molecule has 1 aliphatic heterocycles. The van der Waals surface area contributed by atoms with Crippen LogP contribution in [0.15, 0.2) is 0 Å². The number of ether oxygens (including phenoxy) is 1. The highest BCUT2D eigenvalue weighted by molar-refractivity contribution is 4.88. The molecule has 2 atom stereocenters. The minimum Gasteiger partial charge on any atom is -0.381 e. The average Bonchev–Trinajstić information content (AvgIpc) is 2.37. The van der Waals surface area contributed by atoms with Crippen LogP contribution in [-0.4, -0.2) is 25.3 Å². The van der Waals surface area contributed by atoms with Crippen molar-refractivity contribution < 1.29 is 4.74 Å². The van der Waals surface area contributed by atoms with E-state index in [1.165, 1.54) is 45.1 Å². The molecule has 0 radical (unpaired) electrons. The van der Waals surface area contributed by atoms with Crippen molar-refractivity contribution in [1.29, 1.82) is 0 Å². The normalized spacial score (nSPS) is 31.3. The van der Waals surface area contributed by atoms with Crippen molar-refractivity contribution in [3.63, 3.8) is 0 Å². The van der Waals surface area contributed by atoms with Crippen LogP contribution in [0.25, 0.3) is 0 Å². The lowest BCUT2D eigenvalue weighted by Gasteiger charge is -2.43. The minimum atomic E-state index is 0.246. The van der Waals surface area contributed by atoms with Crippen LogP contribution >= 0.6 is 0 Å². The molecule has 2 aliphatic rings. The van der Waals surface area contributed by atoms with Crippen molar-refractivity contribution in [2.75, 3.05) is 19.8 Å². The molecule has 2 fully saturated rings. The third kappa shape index (κ3) is 5.90. The van der Waals surface area contributed by atoms with Crippen molar-refractivity contribution >= 4 is 0 Å². The molecule has 124 valence electrons. The quantitative estimate of drug-likeness (QED) is 0.816. The molecule has 2 heteroatoms. The van der Waals surface area contributed by atoms with E-state index in [9.17, 15) is 0 Å². The second-order valence-electron chi connectivity index (χ2n) is 9.35. The van der Waals surface area contributed by atoms with Gasteiger partial charge in [-0.2, -0.15) is 0 Å². The Morgan fingerprint density at radius 3 is 2.33 bits per heavy atom. The molecule has 0 aromatic heterocycles. The maximum atomic E-state index is 5.54. The molecule has 1 N–H and O–H groups in total. The van der Waals surface area contributed by atoms with Gasteiger partial charge in [-0.15, -0.1) is 0 Å². The highest BCUT2D eigenvalue weighted by Crippen LogP contribution is 2.45. The monoisotopic (exact) mass is 295 g/mol. The van der Waals surface area contributed by atoms with Gasteiger partial charge in [-0.25, -0.2) is 0 Å². The molecule has 0 bridgehead atoms. The fourth-order valence-corrected chi connectivity index (χ4v) is 4.18. The molecule has 0 amide bonds. The van der Waals surface area contributed by atoms with Crippen molar-refractivity contribution in [3.05, 3.63) is 0 Å². The lowest BCUT2D eigenvalue weighted by atomic mass is 9.64. The summed E-state index contributed by atoms with van der Waals surface area (Å²) in [5.41, 5.74) is 0.796. The van der Waals surface area contributed by atoms with E-state index in [1.807, 2.05) is 0 Å². The van der Waals surface area contributed by atoms with Crippen LogP contribution < -0.4 is 5.32 Å². The molecule has 2 rings (SSSR count). The maximum Gasteiger partial charge on any atom is 0.0468 e. The number of hydrogen-bond donors (Lipinski definition) is 1. The summed E-state index contributed by atoms with van der Waals surface area (Å²) >= 11 is 0. The largest absolute Gasteiger partial charge is 0.381 e. The van der Waals surface area contributed by atoms with Crippen LogP contribution in [0.1, 0.15) is 73.1 Å². The van der Waals surface area contributed by atoms with Crippen LogP contribution in [0.4, 0.5) is 0 Å². The van der Waals surface area contributed by atoms with E-state index < -0.39 is 0 Å². The van der Waals surface area contributed by atoms with E-state index in [0.29, 0.717) is 5.41 Å². The Bertz CT molecular complexity index is 312. The summed E-state index contributed by atoms with van der Waals surface area (Å²) in [6.45, 7) is 15.0. The first-order valence-electron chi connectivity index (χ1n) is 9.08. The molecule has 0 spiro atoms. The predicted molar refractivity (Wildman–Crippen MR) is 90.5 cm³/mol. The van der Waals surface area contributed by atoms with Crippen molar-refractivity contribution in [1.82, 2.24) is 5.32 Å². The van der Waals surface area contributed by atoms with Crippen molar-refractivity contribution in [2.45, 2.75) is 78.7 Å². The maximum absolute atomic E-state index is 5.54. The molecule has 0 aromatic carbocycles. The summed E-state index contributed by atoms with van der Waals surface area (Å²) in [5, 5.41) is 3.76. The van der Waals surface area contributed by atoms with Gasteiger partial charge in [-0.05, 0) is 89.0 Å². The standard InChI is InChI=1S/C19H37NO/c1-18(2,3)20-14-16-6-9-19(4,5)13-17(16)12-15-7-10-21-11-8-15/h15-17,20H,6-14H2,1-5H3. The van der Waals surface area contributed by atoms with E-state index >= 15 is 0 Å². The minimum absolute atomic E-state index is 0.246. The highest BCUT2D eigenvalue weighted by atomic mass is 16.5. The molecular weight excluding hydrogens is 258 g/mol. The summed E-state index contributed by atoms with van der Waals surface area (Å²) < 4.78 is 5.54. The predicted octanol–water partition coefficient (Wildman–Crippen LogP) is 4.63. The van der Waals surface area contributed by atoms with Gasteiger partial charge in [0.1, 0.15) is 0 Å². The van der Waals surface area contributed by atoms with Crippen LogP contribution in [0.3, 0.4) is 0 Å². The van der Waals surface area contributed by atoms with Gasteiger partial charge in [-0.3, -0.25) is 0 Å². The van der Waals surface area contributed by atoms with Gasteiger partial charge in [0.15, 0.2) is 0 Å². The van der Waals surface area contributed by atoms with Crippen LogP contribution in [0, 0.1) is 23.2 Å². The zero-order chi connectivity index (χ0) is 15.5. The first-order chi connectivity index (χ1) is 9.75. The zero-order valence-electron chi connectivity index (χ0n) is 15.0. The van der Waals surface area contributed by atoms with Gasteiger partial charge >= 0.3 is 0 Å². The van der Waals surface area contributed by atoms with E-state index in [0.717, 1.165) is 31.0 Å². The van der Waals surface area contributed by atoms with Crippen LogP contribution in [-0.2, 0) is 4.74 Å². The van der Waals surface area contributed by atoms with E-state index in [2.05, 4.69) is 39.9 Å². The van der Waals surface area contributed by atoms with Gasteiger partial charge in [0.2, 0.25) is 0 Å². The first kappa shape index (κ1) is 17.3.